The van der Waals surface area contributed by atoms with E-state index in [-0.39, 0.29) is 0 Å². The van der Waals surface area contributed by atoms with Crippen LogP contribution in [0.15, 0.2) is 21.9 Å². The summed E-state index contributed by atoms with van der Waals surface area (Å²) in [4.78, 5) is 24.3. The van der Waals surface area contributed by atoms with Crippen molar-refractivity contribution in [1.29, 1.82) is 0 Å². The summed E-state index contributed by atoms with van der Waals surface area (Å²) in [6.07, 6.45) is 1.64. The number of H-pyrrole nitrogens is 1. The third-order valence-corrected chi connectivity index (χ3v) is 2.42. The zero-order valence-electron chi connectivity index (χ0n) is 7.98. The fourth-order valence-corrected chi connectivity index (χ4v) is 1.66. The lowest BCUT2D eigenvalue weighted by Crippen LogP contribution is -2.31. The Bertz CT molecular complexity index is 453. The monoisotopic (exact) mass is 214 g/mol. The maximum atomic E-state index is 12.3. The van der Waals surface area contributed by atoms with Gasteiger partial charge in [0.05, 0.1) is 6.10 Å². The number of nitrogens with one attached hydrogen (secondary N) is 1. The van der Waals surface area contributed by atoms with Crippen LogP contribution in [0.4, 0.5) is 4.39 Å². The summed E-state index contributed by atoms with van der Waals surface area (Å²) in [5.74, 6) is 0. The van der Waals surface area contributed by atoms with Gasteiger partial charge in [-0.05, 0) is 12.8 Å². The highest BCUT2D eigenvalue weighted by atomic mass is 19.1. The molecule has 1 aliphatic rings. The average Bonchev–Trinajstić information content (AvgIpc) is 2.66. The summed E-state index contributed by atoms with van der Waals surface area (Å²) >= 11 is 0. The molecule has 0 unspecified atom stereocenters. The number of alkyl halides is 1. The summed E-state index contributed by atoms with van der Waals surface area (Å²) in [6.45, 7) is -0.547. The maximum Gasteiger partial charge on any atom is 0.330 e. The van der Waals surface area contributed by atoms with Crippen molar-refractivity contribution in [3.05, 3.63) is 33.1 Å². The number of aromatic amines is 1. The molecule has 2 rings (SSSR count). The van der Waals surface area contributed by atoms with E-state index in [0.29, 0.717) is 12.8 Å². The molecule has 1 fully saturated rings. The Morgan fingerprint density at radius 1 is 1.53 bits per heavy atom. The highest BCUT2D eigenvalue weighted by Crippen LogP contribution is 2.26. The van der Waals surface area contributed by atoms with Crippen LogP contribution in [0, 0.1) is 0 Å². The predicted octanol–water partition coefficient (Wildman–Crippen LogP) is 0.184. The molecule has 5 nitrogen and oxygen atoms in total. The third-order valence-electron chi connectivity index (χ3n) is 2.42. The van der Waals surface area contributed by atoms with Gasteiger partial charge >= 0.3 is 5.69 Å². The number of hydrogen-bond donors (Lipinski definition) is 1. The van der Waals surface area contributed by atoms with Gasteiger partial charge in [-0.2, -0.15) is 0 Å². The molecule has 15 heavy (non-hydrogen) atoms. The van der Waals surface area contributed by atoms with Crippen molar-refractivity contribution in [3.63, 3.8) is 0 Å². The van der Waals surface area contributed by atoms with Gasteiger partial charge in [0, 0.05) is 12.3 Å². The van der Waals surface area contributed by atoms with Gasteiger partial charge in [-0.15, -0.1) is 0 Å². The number of halogens is 1. The molecule has 2 atom stereocenters. The van der Waals surface area contributed by atoms with E-state index >= 15 is 0 Å². The Labute approximate surface area is 84.5 Å². The molecule has 0 aliphatic carbocycles. The highest BCUT2D eigenvalue weighted by Gasteiger charge is 2.26. The molecular formula is C9H11FN2O3. The SMILES string of the molecule is O=c1ccn([C@H]2CC[C@@H](CF)O2)c(=O)[nH]1. The quantitative estimate of drug-likeness (QED) is 0.764. The Kier molecular flexibility index (Phi) is 2.68. The fraction of sp³-hybridized carbons (Fsp3) is 0.556. The van der Waals surface area contributed by atoms with Gasteiger partial charge in [0.2, 0.25) is 0 Å². The second kappa shape index (κ2) is 3.98. The first-order valence-electron chi connectivity index (χ1n) is 4.73. The van der Waals surface area contributed by atoms with E-state index in [1.165, 1.54) is 16.8 Å². The third kappa shape index (κ3) is 1.99. The van der Waals surface area contributed by atoms with Crippen molar-refractivity contribution >= 4 is 0 Å². The van der Waals surface area contributed by atoms with Crippen LogP contribution in [0.5, 0.6) is 0 Å². The first-order valence-corrected chi connectivity index (χ1v) is 4.73. The largest absolute Gasteiger partial charge is 0.352 e. The van der Waals surface area contributed by atoms with Crippen molar-refractivity contribution in [3.8, 4) is 0 Å². The van der Waals surface area contributed by atoms with Crippen molar-refractivity contribution in [1.82, 2.24) is 9.55 Å². The summed E-state index contributed by atoms with van der Waals surface area (Å²) in [5, 5.41) is 0. The van der Waals surface area contributed by atoms with E-state index < -0.39 is 30.3 Å². The first-order chi connectivity index (χ1) is 7.20. The van der Waals surface area contributed by atoms with Crippen LogP contribution in [-0.2, 0) is 4.74 Å². The molecule has 0 aromatic carbocycles. The minimum absolute atomic E-state index is 0.436. The van der Waals surface area contributed by atoms with E-state index in [4.69, 9.17) is 4.74 Å². The second-order valence-electron chi connectivity index (χ2n) is 3.46. The number of hydrogen-bond acceptors (Lipinski definition) is 3. The molecule has 0 radical (unpaired) electrons. The number of nitrogens with zero attached hydrogens (tertiary/aromatic N) is 1. The van der Waals surface area contributed by atoms with Crippen LogP contribution in [-0.4, -0.2) is 22.3 Å². The van der Waals surface area contributed by atoms with Gasteiger partial charge in [0.25, 0.3) is 5.56 Å². The molecule has 1 aromatic rings. The molecule has 2 heterocycles. The Morgan fingerprint density at radius 2 is 2.33 bits per heavy atom. The van der Waals surface area contributed by atoms with E-state index in [1.54, 1.807) is 0 Å². The van der Waals surface area contributed by atoms with Crippen LogP contribution in [0.1, 0.15) is 19.1 Å². The number of aromatic nitrogens is 2. The van der Waals surface area contributed by atoms with E-state index in [2.05, 4.69) is 4.98 Å². The Morgan fingerprint density at radius 3 is 2.93 bits per heavy atom. The minimum Gasteiger partial charge on any atom is -0.352 e. The van der Waals surface area contributed by atoms with Crippen LogP contribution in [0.3, 0.4) is 0 Å². The lowest BCUT2D eigenvalue weighted by Gasteiger charge is -2.13. The Hall–Kier alpha value is -1.43. The molecular weight excluding hydrogens is 203 g/mol. The molecule has 1 aromatic heterocycles. The zero-order chi connectivity index (χ0) is 10.8. The lowest BCUT2D eigenvalue weighted by molar-refractivity contribution is -0.0106. The predicted molar refractivity (Wildman–Crippen MR) is 50.4 cm³/mol. The number of ether oxygens (including phenoxy) is 1. The summed E-state index contributed by atoms with van der Waals surface area (Å²) in [7, 11) is 0. The van der Waals surface area contributed by atoms with Gasteiger partial charge in [-0.25, -0.2) is 9.18 Å². The molecule has 0 saturated carbocycles. The first kappa shape index (κ1) is 10.1. The molecule has 0 bridgehead atoms. The van der Waals surface area contributed by atoms with E-state index in [1.807, 2.05) is 0 Å². The van der Waals surface area contributed by atoms with Crippen molar-refractivity contribution < 1.29 is 9.13 Å². The Balaban J connectivity index is 2.24. The topological polar surface area (TPSA) is 64.1 Å². The van der Waals surface area contributed by atoms with E-state index in [9.17, 15) is 14.0 Å². The molecule has 1 aliphatic heterocycles. The van der Waals surface area contributed by atoms with Crippen LogP contribution in [0.25, 0.3) is 0 Å². The van der Waals surface area contributed by atoms with Crippen molar-refractivity contribution in [2.45, 2.75) is 25.2 Å². The normalized spacial score (nSPS) is 25.7. The van der Waals surface area contributed by atoms with Gasteiger partial charge in [-0.1, -0.05) is 0 Å². The fourth-order valence-electron chi connectivity index (χ4n) is 1.66. The van der Waals surface area contributed by atoms with Gasteiger partial charge in [0.1, 0.15) is 12.9 Å². The van der Waals surface area contributed by atoms with Crippen LogP contribution >= 0.6 is 0 Å². The molecule has 0 amide bonds. The van der Waals surface area contributed by atoms with Gasteiger partial charge in [0.15, 0.2) is 0 Å². The lowest BCUT2D eigenvalue weighted by atomic mass is 10.2. The number of rotatable bonds is 2. The average molecular weight is 214 g/mol. The van der Waals surface area contributed by atoms with E-state index in [0.717, 1.165) is 0 Å². The van der Waals surface area contributed by atoms with Gasteiger partial charge in [-0.3, -0.25) is 14.3 Å². The van der Waals surface area contributed by atoms with Gasteiger partial charge < -0.3 is 4.74 Å². The maximum absolute atomic E-state index is 12.3. The molecule has 1 N–H and O–H groups in total. The van der Waals surface area contributed by atoms with Crippen LogP contribution in [0.2, 0.25) is 0 Å². The molecule has 0 spiro atoms. The standard InChI is InChI=1S/C9H11FN2O3/c10-5-6-1-2-8(15-6)12-4-3-7(13)11-9(12)14/h3-4,6,8H,1-2,5H2,(H,11,13,14)/t6-,8+/m0/s1. The highest BCUT2D eigenvalue weighted by molar-refractivity contribution is 4.85. The van der Waals surface area contributed by atoms with Crippen molar-refractivity contribution in [2.75, 3.05) is 6.67 Å². The zero-order valence-corrected chi connectivity index (χ0v) is 7.98. The summed E-state index contributed by atoms with van der Waals surface area (Å²) in [5.41, 5.74) is -0.969. The van der Waals surface area contributed by atoms with Crippen LogP contribution < -0.4 is 11.2 Å². The molecule has 1 saturated heterocycles. The smallest absolute Gasteiger partial charge is 0.330 e. The summed E-state index contributed by atoms with van der Waals surface area (Å²) in [6, 6.07) is 1.24. The second-order valence-corrected chi connectivity index (χ2v) is 3.46. The summed E-state index contributed by atoms with van der Waals surface area (Å²) < 4.78 is 18.8. The van der Waals surface area contributed by atoms with Crippen molar-refractivity contribution in [2.24, 2.45) is 0 Å². The molecule has 82 valence electrons. The molecule has 6 heteroatoms. The minimum atomic E-state index is -0.547.